The maximum absolute atomic E-state index is 12.6. The highest BCUT2D eigenvalue weighted by molar-refractivity contribution is 7.89. The number of carbonyl (C=O) groups excluding carboxylic acids is 3. The van der Waals surface area contributed by atoms with E-state index in [0.29, 0.717) is 17.1 Å². The standard InChI is InChI=1S/C23H25N5O6S/c1-4-34-23(31)21-12-13-28(26-21)19-7-5-6-18(14-19)25-22(30)15(2)27-35(32,33)20-10-8-17(9-11-20)24-16(3)29/h5-15,27H,4H2,1-3H3,(H,24,29)(H,25,30)/t15-/m0/s1. The number of rotatable bonds is 9. The average Bonchev–Trinajstić information content (AvgIpc) is 3.30. The van der Waals surface area contributed by atoms with Crippen molar-refractivity contribution in [2.45, 2.75) is 31.7 Å². The van der Waals surface area contributed by atoms with Crippen molar-refractivity contribution >= 4 is 39.2 Å². The zero-order valence-corrected chi connectivity index (χ0v) is 20.1. The van der Waals surface area contributed by atoms with Gasteiger partial charge in [-0.15, -0.1) is 0 Å². The fraction of sp³-hybridized carbons (Fsp3) is 0.217. The van der Waals surface area contributed by atoms with E-state index in [1.165, 1.54) is 48.9 Å². The molecule has 1 heterocycles. The van der Waals surface area contributed by atoms with E-state index >= 15 is 0 Å². The van der Waals surface area contributed by atoms with Crippen molar-refractivity contribution in [2.24, 2.45) is 0 Å². The van der Waals surface area contributed by atoms with Gasteiger partial charge in [0, 0.05) is 24.5 Å². The SMILES string of the molecule is CCOC(=O)c1ccn(-c2cccc(NC(=O)[C@H](C)NS(=O)(=O)c3ccc(NC(C)=O)cc3)c2)n1. The lowest BCUT2D eigenvalue weighted by Crippen LogP contribution is -2.41. The molecule has 11 nitrogen and oxygen atoms in total. The third-order valence-corrected chi connectivity index (χ3v) is 6.22. The van der Waals surface area contributed by atoms with Crippen molar-refractivity contribution < 1.29 is 27.5 Å². The number of nitrogens with one attached hydrogen (secondary N) is 3. The van der Waals surface area contributed by atoms with Gasteiger partial charge in [0.2, 0.25) is 21.8 Å². The lowest BCUT2D eigenvalue weighted by atomic mass is 10.2. The Labute approximate surface area is 202 Å². The number of anilines is 2. The minimum atomic E-state index is -3.98. The van der Waals surface area contributed by atoms with E-state index in [0.717, 1.165) is 0 Å². The van der Waals surface area contributed by atoms with Crippen LogP contribution in [0, 0.1) is 0 Å². The van der Waals surface area contributed by atoms with Gasteiger partial charge in [-0.1, -0.05) is 6.07 Å². The van der Waals surface area contributed by atoms with Gasteiger partial charge < -0.3 is 15.4 Å². The van der Waals surface area contributed by atoms with Crippen LogP contribution in [-0.4, -0.2) is 48.6 Å². The lowest BCUT2D eigenvalue weighted by Gasteiger charge is -2.15. The number of amides is 2. The first-order valence-electron chi connectivity index (χ1n) is 10.6. The largest absolute Gasteiger partial charge is 0.461 e. The number of sulfonamides is 1. The molecule has 0 bridgehead atoms. The molecular formula is C23H25N5O6S. The van der Waals surface area contributed by atoms with Crippen molar-refractivity contribution in [1.82, 2.24) is 14.5 Å². The first-order chi connectivity index (χ1) is 16.6. The van der Waals surface area contributed by atoms with Crippen LogP contribution in [0.2, 0.25) is 0 Å². The van der Waals surface area contributed by atoms with Crippen molar-refractivity contribution in [3.05, 3.63) is 66.5 Å². The van der Waals surface area contributed by atoms with Crippen LogP contribution in [0.15, 0.2) is 65.7 Å². The molecule has 3 aromatic rings. The molecule has 0 fully saturated rings. The molecule has 35 heavy (non-hydrogen) atoms. The molecule has 2 amide bonds. The number of ether oxygens (including phenoxy) is 1. The maximum atomic E-state index is 12.6. The molecule has 0 saturated heterocycles. The predicted octanol–water partition coefficient (Wildman–Crippen LogP) is 2.31. The van der Waals surface area contributed by atoms with Crippen molar-refractivity contribution in [3.8, 4) is 5.69 Å². The summed E-state index contributed by atoms with van der Waals surface area (Å²) in [6, 6.07) is 12.7. The van der Waals surface area contributed by atoms with Crippen LogP contribution in [0.4, 0.5) is 11.4 Å². The van der Waals surface area contributed by atoms with Gasteiger partial charge in [0.25, 0.3) is 0 Å². The van der Waals surface area contributed by atoms with Gasteiger partial charge in [-0.3, -0.25) is 9.59 Å². The van der Waals surface area contributed by atoms with Gasteiger partial charge in [0.15, 0.2) is 5.69 Å². The smallest absolute Gasteiger partial charge is 0.358 e. The molecule has 184 valence electrons. The number of hydrogen-bond donors (Lipinski definition) is 3. The molecule has 2 aromatic carbocycles. The van der Waals surface area contributed by atoms with E-state index in [-0.39, 0.29) is 23.1 Å². The Hall–Kier alpha value is -4.03. The van der Waals surface area contributed by atoms with Crippen LogP contribution < -0.4 is 15.4 Å². The second kappa shape index (κ2) is 10.9. The predicted molar refractivity (Wildman–Crippen MR) is 129 cm³/mol. The van der Waals surface area contributed by atoms with E-state index < -0.39 is 27.9 Å². The summed E-state index contributed by atoms with van der Waals surface area (Å²) < 4.78 is 34.0. The Balaban J connectivity index is 1.66. The van der Waals surface area contributed by atoms with Gasteiger partial charge in [0.05, 0.1) is 23.2 Å². The van der Waals surface area contributed by atoms with Crippen molar-refractivity contribution in [3.63, 3.8) is 0 Å². The molecule has 0 saturated carbocycles. The van der Waals surface area contributed by atoms with Crippen LogP contribution >= 0.6 is 0 Å². The summed E-state index contributed by atoms with van der Waals surface area (Å²) in [6.45, 7) is 4.70. The van der Waals surface area contributed by atoms with Gasteiger partial charge >= 0.3 is 5.97 Å². The number of aromatic nitrogens is 2. The zero-order chi connectivity index (χ0) is 25.6. The number of hydrogen-bond acceptors (Lipinski definition) is 7. The minimum Gasteiger partial charge on any atom is -0.461 e. The monoisotopic (exact) mass is 499 g/mol. The van der Waals surface area contributed by atoms with E-state index in [9.17, 15) is 22.8 Å². The molecule has 0 aliphatic carbocycles. The highest BCUT2D eigenvalue weighted by Crippen LogP contribution is 2.17. The lowest BCUT2D eigenvalue weighted by molar-refractivity contribution is -0.117. The second-order valence-electron chi connectivity index (χ2n) is 7.45. The average molecular weight is 500 g/mol. The molecule has 0 aliphatic rings. The summed E-state index contributed by atoms with van der Waals surface area (Å²) >= 11 is 0. The van der Waals surface area contributed by atoms with Crippen LogP contribution in [0.1, 0.15) is 31.3 Å². The highest BCUT2D eigenvalue weighted by atomic mass is 32.2. The van der Waals surface area contributed by atoms with E-state index in [4.69, 9.17) is 4.74 Å². The van der Waals surface area contributed by atoms with Crippen LogP contribution in [0.5, 0.6) is 0 Å². The Morgan fingerprint density at radius 1 is 1.03 bits per heavy atom. The van der Waals surface area contributed by atoms with Crippen LogP contribution in [0.3, 0.4) is 0 Å². The van der Waals surface area contributed by atoms with Crippen molar-refractivity contribution in [1.29, 1.82) is 0 Å². The van der Waals surface area contributed by atoms with Crippen LogP contribution in [-0.2, 0) is 24.3 Å². The van der Waals surface area contributed by atoms with Crippen molar-refractivity contribution in [2.75, 3.05) is 17.2 Å². The normalized spacial score (nSPS) is 12.0. The minimum absolute atomic E-state index is 0.0515. The molecule has 1 aromatic heterocycles. The number of esters is 1. The maximum Gasteiger partial charge on any atom is 0.358 e. The summed E-state index contributed by atoms with van der Waals surface area (Å²) in [5.41, 5.74) is 1.58. The molecular weight excluding hydrogens is 474 g/mol. The summed E-state index contributed by atoms with van der Waals surface area (Å²) in [6.07, 6.45) is 1.58. The molecule has 0 aliphatic heterocycles. The molecule has 12 heteroatoms. The molecule has 0 spiro atoms. The van der Waals surface area contributed by atoms with Gasteiger partial charge in [-0.25, -0.2) is 17.9 Å². The number of nitrogens with zero attached hydrogens (tertiary/aromatic N) is 2. The second-order valence-corrected chi connectivity index (χ2v) is 9.17. The Morgan fingerprint density at radius 3 is 2.40 bits per heavy atom. The Kier molecular flexibility index (Phi) is 7.99. The third-order valence-electron chi connectivity index (χ3n) is 4.66. The Morgan fingerprint density at radius 2 is 1.74 bits per heavy atom. The fourth-order valence-corrected chi connectivity index (χ4v) is 4.24. The zero-order valence-electron chi connectivity index (χ0n) is 19.3. The quantitative estimate of drug-likeness (QED) is 0.383. The van der Waals surface area contributed by atoms with Crippen LogP contribution in [0.25, 0.3) is 5.69 Å². The molecule has 1 atom stereocenters. The number of carbonyl (C=O) groups is 3. The summed E-state index contributed by atoms with van der Waals surface area (Å²) in [4.78, 5) is 35.5. The van der Waals surface area contributed by atoms with Gasteiger partial charge in [-0.2, -0.15) is 9.82 Å². The highest BCUT2D eigenvalue weighted by Gasteiger charge is 2.22. The van der Waals surface area contributed by atoms with E-state index in [1.807, 2.05) is 0 Å². The topological polar surface area (TPSA) is 148 Å². The third kappa shape index (κ3) is 6.74. The first-order valence-corrected chi connectivity index (χ1v) is 12.1. The summed E-state index contributed by atoms with van der Waals surface area (Å²) in [7, 11) is -3.98. The first kappa shape index (κ1) is 25.6. The summed E-state index contributed by atoms with van der Waals surface area (Å²) in [5.74, 6) is -1.39. The van der Waals surface area contributed by atoms with E-state index in [2.05, 4.69) is 20.5 Å². The molecule has 0 unspecified atom stereocenters. The fourth-order valence-electron chi connectivity index (χ4n) is 3.03. The van der Waals surface area contributed by atoms with Gasteiger partial charge in [-0.05, 0) is 62.4 Å². The summed E-state index contributed by atoms with van der Waals surface area (Å²) in [5, 5.41) is 9.38. The van der Waals surface area contributed by atoms with Gasteiger partial charge in [0.1, 0.15) is 0 Å². The molecule has 3 rings (SSSR count). The van der Waals surface area contributed by atoms with E-state index in [1.54, 1.807) is 37.4 Å². The molecule has 0 radical (unpaired) electrons. The number of benzene rings is 2. The molecule has 3 N–H and O–H groups in total. The Bertz CT molecular complexity index is 1330.